The minimum absolute atomic E-state index is 0.102. The van der Waals surface area contributed by atoms with Crippen LogP contribution in [0.1, 0.15) is 25.0 Å². The largest absolute Gasteiger partial charge is 0.508 e. The number of aliphatic hydroxyl groups excluding tert-OH is 1. The van der Waals surface area contributed by atoms with Gasteiger partial charge in [0.25, 0.3) is 0 Å². The highest BCUT2D eigenvalue weighted by atomic mass is 16.3. The van der Waals surface area contributed by atoms with Gasteiger partial charge in [-0.2, -0.15) is 0 Å². The summed E-state index contributed by atoms with van der Waals surface area (Å²) in [7, 11) is 0. The number of hydrogen-bond acceptors (Lipinski definition) is 1. The molecular formula is C16H22O. The average Bonchev–Trinajstić information content (AvgIpc) is 2.31. The standard InChI is InChI=1S/C9H12.C7H10O/c1-3-9-6-4-8(2)5-7-9;1-4-5-6(2)7(3)8/h4-7H,3H2,1-2H3;4-5,8H,1,3H2,2H3/b;6-5-. The molecule has 0 unspecified atom stereocenters. The van der Waals surface area contributed by atoms with Gasteiger partial charge < -0.3 is 5.11 Å². The highest BCUT2D eigenvalue weighted by molar-refractivity contribution is 5.23. The van der Waals surface area contributed by atoms with E-state index in [1.54, 1.807) is 19.1 Å². The van der Waals surface area contributed by atoms with E-state index in [0.717, 1.165) is 12.0 Å². The first kappa shape index (κ1) is 15.2. The number of hydrogen-bond donors (Lipinski definition) is 1. The summed E-state index contributed by atoms with van der Waals surface area (Å²) in [5, 5.41) is 8.64. The Morgan fingerprint density at radius 2 is 1.82 bits per heavy atom. The molecule has 0 saturated carbocycles. The number of allylic oxidation sites excluding steroid dienone is 3. The fraction of sp³-hybridized carbons (Fsp3) is 0.250. The predicted octanol–water partition coefficient (Wildman–Crippen LogP) is 4.75. The lowest BCUT2D eigenvalue weighted by Crippen LogP contribution is -1.77. The van der Waals surface area contributed by atoms with Gasteiger partial charge in [0, 0.05) is 0 Å². The fourth-order valence-corrected chi connectivity index (χ4v) is 1.10. The Labute approximate surface area is 105 Å². The predicted molar refractivity (Wildman–Crippen MR) is 76.3 cm³/mol. The van der Waals surface area contributed by atoms with Gasteiger partial charge in [-0.3, -0.25) is 0 Å². The molecule has 92 valence electrons. The van der Waals surface area contributed by atoms with Gasteiger partial charge in [0.1, 0.15) is 5.76 Å². The van der Waals surface area contributed by atoms with Crippen molar-refractivity contribution >= 4 is 0 Å². The van der Waals surface area contributed by atoms with E-state index in [9.17, 15) is 0 Å². The van der Waals surface area contributed by atoms with Crippen LogP contribution in [0.5, 0.6) is 0 Å². The minimum Gasteiger partial charge on any atom is -0.508 e. The van der Waals surface area contributed by atoms with Crippen LogP contribution in [0, 0.1) is 6.92 Å². The maximum absolute atomic E-state index is 8.64. The highest BCUT2D eigenvalue weighted by Gasteiger charge is 1.86. The van der Waals surface area contributed by atoms with Gasteiger partial charge in [0.15, 0.2) is 0 Å². The third kappa shape index (κ3) is 7.18. The molecule has 0 aliphatic carbocycles. The van der Waals surface area contributed by atoms with Crippen LogP contribution in [0.2, 0.25) is 0 Å². The number of aliphatic hydroxyl groups is 1. The first-order chi connectivity index (χ1) is 8.01. The van der Waals surface area contributed by atoms with E-state index in [4.69, 9.17) is 5.11 Å². The second kappa shape index (κ2) is 8.40. The van der Waals surface area contributed by atoms with Crippen LogP contribution >= 0.6 is 0 Å². The van der Waals surface area contributed by atoms with E-state index in [1.807, 2.05) is 0 Å². The van der Waals surface area contributed by atoms with Crippen molar-refractivity contribution in [3.63, 3.8) is 0 Å². The molecule has 0 radical (unpaired) electrons. The normalized spacial score (nSPS) is 10.2. The Bertz CT molecular complexity index is 382. The highest BCUT2D eigenvalue weighted by Crippen LogP contribution is 2.02. The van der Waals surface area contributed by atoms with Crippen LogP contribution in [0.3, 0.4) is 0 Å². The van der Waals surface area contributed by atoms with Gasteiger partial charge in [-0.1, -0.05) is 62.1 Å². The molecule has 0 bridgehead atoms. The molecule has 1 aromatic carbocycles. The molecule has 0 fully saturated rings. The summed E-state index contributed by atoms with van der Waals surface area (Å²) in [6.45, 7) is 12.8. The summed E-state index contributed by atoms with van der Waals surface area (Å²) in [4.78, 5) is 0. The topological polar surface area (TPSA) is 20.2 Å². The van der Waals surface area contributed by atoms with E-state index in [2.05, 4.69) is 51.3 Å². The van der Waals surface area contributed by atoms with E-state index in [1.165, 1.54) is 11.1 Å². The first-order valence-corrected chi connectivity index (χ1v) is 5.74. The molecule has 0 spiro atoms. The van der Waals surface area contributed by atoms with Gasteiger partial charge in [-0.05, 0) is 31.4 Å². The van der Waals surface area contributed by atoms with Gasteiger partial charge in [0.05, 0.1) is 0 Å². The lowest BCUT2D eigenvalue weighted by Gasteiger charge is -1.94. The van der Waals surface area contributed by atoms with Crippen molar-refractivity contribution in [2.75, 3.05) is 0 Å². The monoisotopic (exact) mass is 230 g/mol. The minimum atomic E-state index is 0.102. The second-order valence-electron chi connectivity index (χ2n) is 3.87. The van der Waals surface area contributed by atoms with Crippen LogP contribution in [0.4, 0.5) is 0 Å². The van der Waals surface area contributed by atoms with Crippen molar-refractivity contribution in [2.45, 2.75) is 27.2 Å². The third-order valence-corrected chi connectivity index (χ3v) is 2.35. The molecule has 17 heavy (non-hydrogen) atoms. The van der Waals surface area contributed by atoms with Crippen LogP contribution < -0.4 is 0 Å². The molecule has 0 aromatic heterocycles. The quantitative estimate of drug-likeness (QED) is 0.587. The van der Waals surface area contributed by atoms with E-state index in [0.29, 0.717) is 0 Å². The Kier molecular flexibility index (Phi) is 7.53. The first-order valence-electron chi connectivity index (χ1n) is 5.74. The summed E-state index contributed by atoms with van der Waals surface area (Å²) >= 11 is 0. The molecule has 0 heterocycles. The molecule has 0 aliphatic heterocycles. The molecular weight excluding hydrogens is 208 g/mol. The van der Waals surface area contributed by atoms with Gasteiger partial charge in [-0.25, -0.2) is 0 Å². The van der Waals surface area contributed by atoms with Gasteiger partial charge in [0.2, 0.25) is 0 Å². The van der Waals surface area contributed by atoms with Crippen molar-refractivity contribution in [1.29, 1.82) is 0 Å². The van der Waals surface area contributed by atoms with Crippen molar-refractivity contribution < 1.29 is 5.11 Å². The van der Waals surface area contributed by atoms with E-state index >= 15 is 0 Å². The molecule has 1 aromatic rings. The molecule has 0 aliphatic rings. The lowest BCUT2D eigenvalue weighted by atomic mass is 10.1. The van der Waals surface area contributed by atoms with E-state index < -0.39 is 0 Å². The lowest BCUT2D eigenvalue weighted by molar-refractivity contribution is 0.426. The van der Waals surface area contributed by atoms with Gasteiger partial charge in [-0.15, -0.1) is 0 Å². The van der Waals surface area contributed by atoms with E-state index in [-0.39, 0.29) is 5.76 Å². The van der Waals surface area contributed by atoms with Crippen LogP contribution in [-0.2, 0) is 6.42 Å². The zero-order chi connectivity index (χ0) is 13.3. The van der Waals surface area contributed by atoms with Crippen LogP contribution in [-0.4, -0.2) is 5.11 Å². The summed E-state index contributed by atoms with van der Waals surface area (Å²) in [5.74, 6) is 0.102. The van der Waals surface area contributed by atoms with Crippen LogP contribution in [0.25, 0.3) is 0 Å². The Balaban J connectivity index is 0.000000304. The molecule has 1 nitrogen and oxygen atoms in total. The molecule has 0 saturated heterocycles. The Morgan fingerprint density at radius 3 is 2.12 bits per heavy atom. The summed E-state index contributed by atoms with van der Waals surface area (Å²) in [6.07, 6.45) is 4.44. The molecule has 1 N–H and O–H groups in total. The maximum Gasteiger partial charge on any atom is 0.111 e. The molecule has 1 heteroatoms. The smallest absolute Gasteiger partial charge is 0.111 e. The fourth-order valence-electron chi connectivity index (χ4n) is 1.10. The average molecular weight is 230 g/mol. The zero-order valence-corrected chi connectivity index (χ0v) is 11.0. The van der Waals surface area contributed by atoms with Crippen LogP contribution in [0.15, 0.2) is 60.9 Å². The SMILES string of the molecule is C=C/C=C(/C)C(=C)O.CCc1ccc(C)cc1. The molecule has 0 amide bonds. The number of rotatable bonds is 3. The number of aryl methyl sites for hydroxylation is 2. The Morgan fingerprint density at radius 1 is 1.29 bits per heavy atom. The second-order valence-corrected chi connectivity index (χ2v) is 3.87. The number of benzene rings is 1. The van der Waals surface area contributed by atoms with Crippen molar-refractivity contribution in [1.82, 2.24) is 0 Å². The molecule has 0 atom stereocenters. The summed E-state index contributed by atoms with van der Waals surface area (Å²) in [6, 6.07) is 8.66. The summed E-state index contributed by atoms with van der Waals surface area (Å²) in [5.41, 5.74) is 3.51. The summed E-state index contributed by atoms with van der Waals surface area (Å²) < 4.78 is 0. The maximum atomic E-state index is 8.64. The van der Waals surface area contributed by atoms with Crippen molar-refractivity contribution in [2.24, 2.45) is 0 Å². The third-order valence-electron chi connectivity index (χ3n) is 2.35. The Hall–Kier alpha value is -1.76. The zero-order valence-electron chi connectivity index (χ0n) is 11.0. The van der Waals surface area contributed by atoms with Crippen molar-refractivity contribution in [3.8, 4) is 0 Å². The molecule has 1 rings (SSSR count). The van der Waals surface area contributed by atoms with Crippen molar-refractivity contribution in [3.05, 3.63) is 72.0 Å². The van der Waals surface area contributed by atoms with Gasteiger partial charge >= 0.3 is 0 Å².